The number of aromatic nitrogens is 1. The fourth-order valence-corrected chi connectivity index (χ4v) is 2.45. The van der Waals surface area contributed by atoms with Gasteiger partial charge in [-0.2, -0.15) is 0 Å². The quantitative estimate of drug-likeness (QED) is 0.727. The third-order valence-electron chi connectivity index (χ3n) is 2.86. The Bertz CT molecular complexity index is 588. The maximum absolute atomic E-state index is 6.02. The van der Waals surface area contributed by atoms with Crippen LogP contribution in [0.3, 0.4) is 0 Å². The van der Waals surface area contributed by atoms with Crippen LogP contribution in [0.4, 0.5) is 0 Å². The Morgan fingerprint density at radius 2 is 1.74 bits per heavy atom. The summed E-state index contributed by atoms with van der Waals surface area (Å²) in [4.78, 5) is 4.23. The number of hydrogen-bond donors (Lipinski definition) is 0. The molecule has 0 saturated heterocycles. The lowest BCUT2D eigenvalue weighted by atomic mass is 10.1. The minimum Gasteiger partial charge on any atom is -0.456 e. The molecule has 0 aliphatic carbocycles. The SMILES string of the molecule is Cc1cc(Oc2c(C)cc(Cl)cc2C)c(CCl)cn1. The first-order valence-electron chi connectivity index (χ1n) is 5.97. The van der Waals surface area contributed by atoms with Gasteiger partial charge in [-0.1, -0.05) is 11.6 Å². The molecule has 0 aliphatic rings. The van der Waals surface area contributed by atoms with E-state index in [-0.39, 0.29) is 0 Å². The summed E-state index contributed by atoms with van der Waals surface area (Å²) in [7, 11) is 0. The Kier molecular flexibility index (Phi) is 4.33. The molecule has 0 N–H and O–H groups in total. The van der Waals surface area contributed by atoms with Crippen molar-refractivity contribution in [2.24, 2.45) is 0 Å². The van der Waals surface area contributed by atoms with E-state index in [0.29, 0.717) is 10.9 Å². The highest BCUT2D eigenvalue weighted by Gasteiger charge is 2.10. The molecule has 0 atom stereocenters. The summed E-state index contributed by atoms with van der Waals surface area (Å²) in [5, 5.41) is 0.714. The van der Waals surface area contributed by atoms with Crippen LogP contribution in [0.2, 0.25) is 5.02 Å². The zero-order valence-electron chi connectivity index (χ0n) is 11.1. The summed E-state index contributed by atoms with van der Waals surface area (Å²) < 4.78 is 6.01. The molecule has 0 aliphatic heterocycles. The smallest absolute Gasteiger partial charge is 0.135 e. The van der Waals surface area contributed by atoms with Gasteiger partial charge in [-0.15, -0.1) is 11.6 Å². The largest absolute Gasteiger partial charge is 0.456 e. The van der Waals surface area contributed by atoms with Crippen LogP contribution in [0, 0.1) is 20.8 Å². The number of pyridine rings is 1. The number of benzene rings is 1. The molecule has 1 aromatic heterocycles. The second kappa shape index (κ2) is 5.81. The lowest BCUT2D eigenvalue weighted by molar-refractivity contribution is 0.469. The lowest BCUT2D eigenvalue weighted by Crippen LogP contribution is -1.96. The van der Waals surface area contributed by atoms with Gasteiger partial charge < -0.3 is 4.74 Å². The third kappa shape index (κ3) is 3.20. The standard InChI is InChI=1S/C15H15Cl2NO/c1-9-4-13(17)5-10(2)15(9)19-14-6-11(3)18-8-12(14)7-16/h4-6,8H,7H2,1-3H3. The molecule has 0 unspecified atom stereocenters. The van der Waals surface area contributed by atoms with Crippen LogP contribution < -0.4 is 4.74 Å². The lowest BCUT2D eigenvalue weighted by Gasteiger charge is -2.14. The van der Waals surface area contributed by atoms with E-state index >= 15 is 0 Å². The van der Waals surface area contributed by atoms with Crippen molar-refractivity contribution in [3.05, 3.63) is 51.8 Å². The number of hydrogen-bond acceptors (Lipinski definition) is 2. The van der Waals surface area contributed by atoms with Gasteiger partial charge in [0.1, 0.15) is 11.5 Å². The summed E-state index contributed by atoms with van der Waals surface area (Å²) in [6.07, 6.45) is 1.75. The van der Waals surface area contributed by atoms with Crippen molar-refractivity contribution in [3.63, 3.8) is 0 Å². The second-order valence-electron chi connectivity index (χ2n) is 4.54. The van der Waals surface area contributed by atoms with Gasteiger partial charge in [0.25, 0.3) is 0 Å². The zero-order chi connectivity index (χ0) is 14.0. The van der Waals surface area contributed by atoms with Crippen LogP contribution >= 0.6 is 23.2 Å². The first-order valence-corrected chi connectivity index (χ1v) is 6.88. The molecule has 1 heterocycles. The number of halogens is 2. The van der Waals surface area contributed by atoms with E-state index in [1.807, 2.05) is 39.0 Å². The molecule has 0 amide bonds. The molecule has 0 radical (unpaired) electrons. The fraction of sp³-hybridized carbons (Fsp3) is 0.267. The van der Waals surface area contributed by atoms with Gasteiger partial charge in [-0.3, -0.25) is 4.98 Å². The molecule has 2 rings (SSSR count). The van der Waals surface area contributed by atoms with Crippen LogP contribution in [-0.2, 0) is 5.88 Å². The Balaban J connectivity index is 2.44. The van der Waals surface area contributed by atoms with Gasteiger partial charge in [0.2, 0.25) is 0 Å². The Labute approximate surface area is 123 Å². The summed E-state index contributed by atoms with van der Waals surface area (Å²) in [6, 6.07) is 5.67. The van der Waals surface area contributed by atoms with E-state index in [0.717, 1.165) is 33.9 Å². The summed E-state index contributed by atoms with van der Waals surface area (Å²) >= 11 is 11.9. The molecular formula is C15H15Cl2NO. The normalized spacial score (nSPS) is 10.6. The van der Waals surface area contributed by atoms with E-state index in [1.165, 1.54) is 0 Å². The van der Waals surface area contributed by atoms with E-state index in [2.05, 4.69) is 4.98 Å². The molecule has 0 bridgehead atoms. The van der Waals surface area contributed by atoms with E-state index in [1.54, 1.807) is 6.20 Å². The molecule has 0 fully saturated rings. The maximum Gasteiger partial charge on any atom is 0.135 e. The Morgan fingerprint density at radius 3 is 2.32 bits per heavy atom. The van der Waals surface area contributed by atoms with Gasteiger partial charge in [0.05, 0.1) is 5.88 Å². The van der Waals surface area contributed by atoms with Crippen LogP contribution in [0.5, 0.6) is 11.5 Å². The molecule has 2 nitrogen and oxygen atoms in total. The topological polar surface area (TPSA) is 22.1 Å². The van der Waals surface area contributed by atoms with Crippen molar-refractivity contribution >= 4 is 23.2 Å². The highest BCUT2D eigenvalue weighted by atomic mass is 35.5. The van der Waals surface area contributed by atoms with Gasteiger partial charge >= 0.3 is 0 Å². The minimum absolute atomic E-state index is 0.369. The van der Waals surface area contributed by atoms with Crippen molar-refractivity contribution in [1.82, 2.24) is 4.98 Å². The monoisotopic (exact) mass is 295 g/mol. The van der Waals surface area contributed by atoms with E-state index < -0.39 is 0 Å². The fourth-order valence-electron chi connectivity index (χ4n) is 1.93. The Morgan fingerprint density at radius 1 is 1.11 bits per heavy atom. The third-order valence-corrected chi connectivity index (χ3v) is 3.37. The van der Waals surface area contributed by atoms with Gasteiger partial charge in [-0.05, 0) is 44.0 Å². The first-order chi connectivity index (χ1) is 9.01. The van der Waals surface area contributed by atoms with Crippen molar-refractivity contribution in [3.8, 4) is 11.5 Å². The Hall–Kier alpha value is -1.25. The predicted molar refractivity (Wildman–Crippen MR) is 79.5 cm³/mol. The van der Waals surface area contributed by atoms with Crippen LogP contribution in [-0.4, -0.2) is 4.98 Å². The van der Waals surface area contributed by atoms with Crippen molar-refractivity contribution < 1.29 is 4.74 Å². The summed E-state index contributed by atoms with van der Waals surface area (Å²) in [6.45, 7) is 5.87. The number of nitrogens with zero attached hydrogens (tertiary/aromatic N) is 1. The molecule has 100 valence electrons. The van der Waals surface area contributed by atoms with Crippen molar-refractivity contribution in [1.29, 1.82) is 0 Å². The second-order valence-corrected chi connectivity index (χ2v) is 5.24. The molecule has 0 saturated carbocycles. The molecule has 1 aromatic carbocycles. The van der Waals surface area contributed by atoms with Crippen LogP contribution in [0.1, 0.15) is 22.4 Å². The summed E-state index contributed by atoms with van der Waals surface area (Å²) in [5.74, 6) is 1.94. The van der Waals surface area contributed by atoms with E-state index in [4.69, 9.17) is 27.9 Å². The maximum atomic E-state index is 6.02. The highest BCUT2D eigenvalue weighted by Crippen LogP contribution is 2.33. The average Bonchev–Trinajstić information content (AvgIpc) is 2.34. The van der Waals surface area contributed by atoms with Crippen molar-refractivity contribution in [2.75, 3.05) is 0 Å². The predicted octanol–water partition coefficient (Wildman–Crippen LogP) is 5.19. The van der Waals surface area contributed by atoms with Crippen LogP contribution in [0.25, 0.3) is 0 Å². The average molecular weight is 296 g/mol. The number of alkyl halides is 1. The van der Waals surface area contributed by atoms with Gasteiger partial charge in [0.15, 0.2) is 0 Å². The van der Waals surface area contributed by atoms with Gasteiger partial charge in [0, 0.05) is 28.5 Å². The highest BCUT2D eigenvalue weighted by molar-refractivity contribution is 6.30. The number of aryl methyl sites for hydroxylation is 3. The molecule has 4 heteroatoms. The summed E-state index contributed by atoms with van der Waals surface area (Å²) in [5.41, 5.74) is 3.77. The molecular weight excluding hydrogens is 281 g/mol. The zero-order valence-corrected chi connectivity index (χ0v) is 12.6. The first kappa shape index (κ1) is 14.2. The molecule has 19 heavy (non-hydrogen) atoms. The van der Waals surface area contributed by atoms with Crippen LogP contribution in [0.15, 0.2) is 24.4 Å². The molecule has 2 aromatic rings. The number of ether oxygens (including phenoxy) is 1. The number of rotatable bonds is 3. The van der Waals surface area contributed by atoms with Gasteiger partial charge in [-0.25, -0.2) is 0 Å². The van der Waals surface area contributed by atoms with Crippen molar-refractivity contribution in [2.45, 2.75) is 26.7 Å². The molecule has 0 spiro atoms. The van der Waals surface area contributed by atoms with E-state index in [9.17, 15) is 0 Å². The minimum atomic E-state index is 0.369.